The third-order valence-corrected chi connectivity index (χ3v) is 12.5. The molecule has 0 bridgehead atoms. The molecule has 18 heteroatoms. The molecule has 448 valence electrons. The molecule has 10 nitrogen and oxygen atoms in total. The molecule has 7 aromatic rings. The number of ether oxygens (including phenoxy) is 4. The van der Waals surface area contributed by atoms with E-state index in [2.05, 4.69) is 11.7 Å². The van der Waals surface area contributed by atoms with Crippen molar-refractivity contribution in [2.45, 2.75) is 105 Å². The fourth-order valence-electron chi connectivity index (χ4n) is 7.36. The first-order valence-corrected chi connectivity index (χ1v) is 26.4. The van der Waals surface area contributed by atoms with Crippen LogP contribution in [0.15, 0.2) is 152 Å². The maximum absolute atomic E-state index is 13.2. The molecule has 0 radical (unpaired) electrons. The monoisotopic (exact) mass is 1170 g/mol. The molecule has 84 heavy (non-hydrogen) atoms. The fraction of sp³-hybridized carbons (Fsp3) is 0.303. The van der Waals surface area contributed by atoms with E-state index < -0.39 is 36.5 Å². The van der Waals surface area contributed by atoms with Crippen LogP contribution in [0.5, 0.6) is 23.0 Å². The van der Waals surface area contributed by atoms with Crippen molar-refractivity contribution in [3.05, 3.63) is 191 Å². The summed E-state index contributed by atoms with van der Waals surface area (Å²) >= 11 is 0. The largest absolute Gasteiger partial charge is 0.494 e. The first-order chi connectivity index (χ1) is 39.5. The van der Waals surface area contributed by atoms with Crippen molar-refractivity contribution >= 4 is 45.5 Å². The Labute approximate surface area is 484 Å². The molecule has 0 heterocycles. The van der Waals surface area contributed by atoms with Gasteiger partial charge in [0.05, 0.1) is 20.8 Å². The molecule has 0 aliphatic heterocycles. The molecule has 0 saturated carbocycles. The molecular formula is C66H68F8O10. The van der Waals surface area contributed by atoms with E-state index in [1.165, 1.54) is 45.6 Å². The number of benzene rings is 7. The first-order valence-electron chi connectivity index (χ1n) is 26.4. The van der Waals surface area contributed by atoms with Crippen LogP contribution in [0.25, 0.3) is 21.9 Å². The number of methoxy groups -OCH3 is 2. The minimum atomic E-state index is -6.31. The Morgan fingerprint density at radius 3 is 1.21 bits per heavy atom. The number of alkyl halides is 8. The molecule has 0 aliphatic rings. The van der Waals surface area contributed by atoms with E-state index in [-0.39, 0.29) is 40.3 Å². The summed E-state index contributed by atoms with van der Waals surface area (Å²) in [6.45, 7) is 11.7. The van der Waals surface area contributed by atoms with Gasteiger partial charge in [0.1, 0.15) is 11.5 Å². The number of hydrogen-bond donors (Lipinski definition) is 0. The lowest BCUT2D eigenvalue weighted by molar-refractivity contribution is -0.342. The predicted molar refractivity (Wildman–Crippen MR) is 309 cm³/mol. The molecule has 0 spiro atoms. The Bertz CT molecular complexity index is 3200. The molecule has 0 saturated heterocycles. The quantitative estimate of drug-likeness (QED) is 0.0388. The maximum Gasteiger partial charge on any atom is 0.381 e. The number of carbonyl (C=O) groups is 6. The topological polar surface area (TPSA) is 139 Å². The highest BCUT2D eigenvalue weighted by Gasteiger charge is 2.75. The fourth-order valence-corrected chi connectivity index (χ4v) is 7.36. The van der Waals surface area contributed by atoms with Crippen LogP contribution in [0, 0.1) is 6.92 Å². The third kappa shape index (κ3) is 21.0. The van der Waals surface area contributed by atoms with E-state index in [0.717, 1.165) is 82.0 Å². The summed E-state index contributed by atoms with van der Waals surface area (Å²) in [6.07, 6.45) is -0.122. The van der Waals surface area contributed by atoms with E-state index in [4.69, 9.17) is 14.2 Å². The van der Waals surface area contributed by atoms with Crippen LogP contribution in [0.4, 0.5) is 35.1 Å². The summed E-state index contributed by atoms with van der Waals surface area (Å²) in [5, 5.41) is 2.19. The van der Waals surface area contributed by atoms with E-state index in [9.17, 15) is 63.9 Å². The van der Waals surface area contributed by atoms with Gasteiger partial charge in [-0.05, 0) is 137 Å². The van der Waals surface area contributed by atoms with Crippen molar-refractivity contribution in [3.63, 3.8) is 0 Å². The van der Waals surface area contributed by atoms with Gasteiger partial charge in [-0.25, -0.2) is 8.78 Å². The normalized spacial score (nSPS) is 10.9. The first kappa shape index (κ1) is 69.7. The lowest BCUT2D eigenvalue weighted by atomic mass is 10.0. The highest BCUT2D eigenvalue weighted by molar-refractivity contribution is 5.99. The Balaban J connectivity index is 0.000000282. The van der Waals surface area contributed by atoms with Crippen molar-refractivity contribution in [2.24, 2.45) is 0 Å². The smallest absolute Gasteiger partial charge is 0.381 e. The van der Waals surface area contributed by atoms with Crippen molar-refractivity contribution < 1.29 is 82.8 Å². The number of unbranched alkanes of at least 4 members (excludes halogenated alkanes) is 3. The summed E-state index contributed by atoms with van der Waals surface area (Å²) in [7, 11) is 3.27. The van der Waals surface area contributed by atoms with Gasteiger partial charge in [0.2, 0.25) is 0 Å². The van der Waals surface area contributed by atoms with Crippen LogP contribution in [0.2, 0.25) is 0 Å². The zero-order valence-corrected chi connectivity index (χ0v) is 48.4. The van der Waals surface area contributed by atoms with Gasteiger partial charge in [-0.15, -0.1) is 0 Å². The molecule has 0 fully saturated rings. The van der Waals surface area contributed by atoms with Crippen LogP contribution in [-0.4, -0.2) is 86.3 Å². The van der Waals surface area contributed by atoms with Crippen molar-refractivity contribution in [1.29, 1.82) is 0 Å². The lowest BCUT2D eigenvalue weighted by Gasteiger charge is -2.31. The van der Waals surface area contributed by atoms with Gasteiger partial charge in [0, 0.05) is 33.4 Å². The number of ketones is 6. The van der Waals surface area contributed by atoms with Crippen molar-refractivity contribution in [2.75, 3.05) is 27.4 Å². The van der Waals surface area contributed by atoms with Crippen LogP contribution in [0.1, 0.15) is 142 Å². The van der Waals surface area contributed by atoms with Gasteiger partial charge in [-0.3, -0.25) is 28.8 Å². The average Bonchev–Trinajstić information content (AvgIpc) is 1.72. The number of halogens is 8. The van der Waals surface area contributed by atoms with E-state index in [1.807, 2.05) is 110 Å². The molecule has 0 amide bonds. The summed E-state index contributed by atoms with van der Waals surface area (Å²) in [5.41, 5.74) is 6.86. The number of rotatable bonds is 21. The standard InChI is InChI=1S/C18H22O2.C16H14O2.C13H10F8O2.C10H10O2.C9H12O2/c1-3-4-5-6-11-20-18-10-9-16-12-15(14(2)19)7-8-17(16)13-18;1-11(17)13-3-7-15(8-4-13)16-9-5-14(6-10-16)12(2)18;1-7(22)8-2-4-9(5-3-8)23-6-11(16,17)13(20,21)12(18,19)10(14)15;1-7(11)9-3-5-10(6-4-9)8(2)12;1-7-4-5-8(10-2)9(6-7)11-3/h7-10,12-13H,3-6,11H2,1-2H3;3-10H,1-2H3;2-5,10H,6H2,1H3;3-6H,1-2H3;4-6H,1-3H3. The number of hydrogen-bond acceptors (Lipinski definition) is 10. The number of aryl methyl sites for hydroxylation is 1. The number of fused-ring (bicyclic) bond motifs is 1. The maximum atomic E-state index is 13.2. The van der Waals surface area contributed by atoms with Gasteiger partial charge in [-0.1, -0.05) is 123 Å². The molecular weight excluding hydrogens is 1100 g/mol. The average molecular weight is 1170 g/mol. The van der Waals surface area contributed by atoms with Crippen molar-refractivity contribution in [1.82, 2.24) is 0 Å². The Morgan fingerprint density at radius 1 is 0.429 bits per heavy atom. The molecule has 0 unspecified atom stereocenters. The summed E-state index contributed by atoms with van der Waals surface area (Å²) in [5.74, 6) is -16.1. The van der Waals surface area contributed by atoms with Gasteiger partial charge in [0.25, 0.3) is 0 Å². The second-order valence-electron chi connectivity index (χ2n) is 19.1. The number of carbonyl (C=O) groups excluding carboxylic acids is 6. The van der Waals surface area contributed by atoms with Gasteiger partial charge in [0.15, 0.2) is 52.8 Å². The molecule has 7 rings (SSSR count). The Morgan fingerprint density at radius 2 is 0.810 bits per heavy atom. The SMILES string of the molecule is CC(=O)c1ccc(-c2ccc(C(C)=O)cc2)cc1.CC(=O)c1ccc(C(C)=O)cc1.CC(=O)c1ccc(OCC(F)(F)C(F)(F)C(F)(F)C(F)F)cc1.CCCCCCOc1ccc2cc(C(C)=O)ccc2c1.COc1ccc(C)cc1OC. The Kier molecular flexibility index (Phi) is 27.3. The van der Waals surface area contributed by atoms with Gasteiger partial charge < -0.3 is 18.9 Å². The second kappa shape index (κ2) is 32.9. The molecule has 0 aromatic heterocycles. The lowest BCUT2D eigenvalue weighted by Crippen LogP contribution is -2.59. The molecule has 0 N–H and O–H groups in total. The minimum Gasteiger partial charge on any atom is -0.494 e. The van der Waals surface area contributed by atoms with Gasteiger partial charge in [-0.2, -0.15) is 26.3 Å². The van der Waals surface area contributed by atoms with E-state index >= 15 is 0 Å². The Hall–Kier alpha value is -8.54. The highest BCUT2D eigenvalue weighted by atomic mass is 19.4. The highest BCUT2D eigenvalue weighted by Crippen LogP contribution is 2.48. The zero-order valence-electron chi connectivity index (χ0n) is 48.4. The minimum absolute atomic E-state index is 0.0186. The summed E-state index contributed by atoms with van der Waals surface area (Å²) < 4.78 is 122. The predicted octanol–water partition coefficient (Wildman–Crippen LogP) is 17.3. The zero-order chi connectivity index (χ0) is 63.0. The van der Waals surface area contributed by atoms with Crippen molar-refractivity contribution in [3.8, 4) is 34.1 Å². The van der Waals surface area contributed by atoms with Gasteiger partial charge >= 0.3 is 24.2 Å². The van der Waals surface area contributed by atoms with Crippen LogP contribution < -0.4 is 18.9 Å². The molecule has 0 aliphatic carbocycles. The van der Waals surface area contributed by atoms with E-state index in [0.29, 0.717) is 22.3 Å². The summed E-state index contributed by atoms with van der Waals surface area (Å²) in [6, 6.07) is 43.4. The third-order valence-electron chi connectivity index (χ3n) is 12.5. The van der Waals surface area contributed by atoms with Crippen LogP contribution in [0.3, 0.4) is 0 Å². The molecule has 0 atom stereocenters. The molecule has 7 aromatic carbocycles. The van der Waals surface area contributed by atoms with Crippen LogP contribution in [-0.2, 0) is 0 Å². The second-order valence-corrected chi connectivity index (χ2v) is 19.1. The van der Waals surface area contributed by atoms with E-state index in [1.54, 1.807) is 59.3 Å². The number of Topliss-reactive ketones (excluding diaryl/α,β-unsaturated/α-hetero) is 6. The summed E-state index contributed by atoms with van der Waals surface area (Å²) in [4.78, 5) is 66.4. The van der Waals surface area contributed by atoms with Crippen LogP contribution >= 0.6 is 0 Å².